The highest BCUT2D eigenvalue weighted by molar-refractivity contribution is 6.10. The molecule has 4 aromatic rings. The third-order valence-electron chi connectivity index (χ3n) is 4.33. The zero-order chi connectivity index (χ0) is 18.3. The van der Waals surface area contributed by atoms with E-state index in [0.717, 1.165) is 21.7 Å². The smallest absolute Gasteiger partial charge is 0.162 e. The molecule has 2 aromatic heterocycles. The highest BCUT2D eigenvalue weighted by atomic mass is 19.1. The number of halogens is 1. The molecular weight excluding hydrogens is 333 g/mol. The van der Waals surface area contributed by atoms with Crippen molar-refractivity contribution >= 4 is 27.5 Å². The molecule has 0 amide bonds. The molecule has 0 unspecified atom stereocenters. The molecule has 6 heteroatoms. The summed E-state index contributed by atoms with van der Waals surface area (Å²) in [4.78, 5) is 8.87. The van der Waals surface area contributed by atoms with Gasteiger partial charge in [0.15, 0.2) is 11.5 Å². The van der Waals surface area contributed by atoms with Gasteiger partial charge in [-0.1, -0.05) is 12.1 Å². The Morgan fingerprint density at radius 2 is 1.69 bits per heavy atom. The summed E-state index contributed by atoms with van der Waals surface area (Å²) in [6, 6.07) is 11.8. The van der Waals surface area contributed by atoms with Crippen molar-refractivity contribution in [2.24, 2.45) is 0 Å². The Bertz CT molecular complexity index is 1140. The second kappa shape index (κ2) is 6.15. The minimum Gasteiger partial charge on any atom is -0.493 e. The number of nitrogens with zero attached hydrogens (tertiary/aromatic N) is 2. The van der Waals surface area contributed by atoms with Crippen LogP contribution in [-0.4, -0.2) is 24.2 Å². The van der Waals surface area contributed by atoms with E-state index < -0.39 is 0 Å². The molecule has 5 nitrogen and oxygen atoms in total. The third-order valence-corrected chi connectivity index (χ3v) is 4.33. The number of aromatic nitrogens is 2. The number of methoxy groups -OCH3 is 2. The molecular formula is C20H16FN3O2. The number of benzene rings is 2. The SMILES string of the molecule is COc1cc2ncc3c(N)nc(-c4cccc(F)c4)cc3c2cc1OC. The molecule has 0 radical (unpaired) electrons. The first kappa shape index (κ1) is 16.1. The molecule has 2 N–H and O–H groups in total. The van der Waals surface area contributed by atoms with Crippen molar-refractivity contribution in [3.8, 4) is 22.8 Å². The number of rotatable bonds is 3. The maximum atomic E-state index is 13.6. The number of nitrogen functional groups attached to an aromatic ring is 1. The van der Waals surface area contributed by atoms with E-state index in [9.17, 15) is 4.39 Å². The van der Waals surface area contributed by atoms with Crippen molar-refractivity contribution in [3.05, 3.63) is 54.5 Å². The van der Waals surface area contributed by atoms with Gasteiger partial charge in [0.2, 0.25) is 0 Å². The predicted octanol–water partition coefficient (Wildman–Crippen LogP) is 4.19. The summed E-state index contributed by atoms with van der Waals surface area (Å²) in [6.07, 6.45) is 1.68. The first-order valence-electron chi connectivity index (χ1n) is 7.97. The number of anilines is 1. The lowest BCUT2D eigenvalue weighted by Crippen LogP contribution is -1.97. The molecule has 26 heavy (non-hydrogen) atoms. The largest absolute Gasteiger partial charge is 0.493 e. The van der Waals surface area contributed by atoms with Crippen molar-refractivity contribution in [3.63, 3.8) is 0 Å². The van der Waals surface area contributed by atoms with Gasteiger partial charge in [0, 0.05) is 28.6 Å². The van der Waals surface area contributed by atoms with Crippen molar-refractivity contribution < 1.29 is 13.9 Å². The van der Waals surface area contributed by atoms with E-state index in [1.807, 2.05) is 18.2 Å². The van der Waals surface area contributed by atoms with Crippen LogP contribution in [0.15, 0.2) is 48.7 Å². The van der Waals surface area contributed by atoms with Gasteiger partial charge in [-0.3, -0.25) is 4.98 Å². The Morgan fingerprint density at radius 1 is 0.923 bits per heavy atom. The number of pyridine rings is 2. The lowest BCUT2D eigenvalue weighted by Gasteiger charge is -2.12. The van der Waals surface area contributed by atoms with Gasteiger partial charge in [-0.05, 0) is 29.7 Å². The van der Waals surface area contributed by atoms with Gasteiger partial charge in [-0.15, -0.1) is 0 Å². The van der Waals surface area contributed by atoms with Crippen molar-refractivity contribution in [2.75, 3.05) is 20.0 Å². The van der Waals surface area contributed by atoms with Crippen LogP contribution < -0.4 is 15.2 Å². The van der Waals surface area contributed by atoms with E-state index in [0.29, 0.717) is 28.6 Å². The zero-order valence-electron chi connectivity index (χ0n) is 14.3. The average molecular weight is 349 g/mol. The minimum absolute atomic E-state index is 0.325. The van der Waals surface area contributed by atoms with Gasteiger partial charge < -0.3 is 15.2 Å². The fraction of sp³-hybridized carbons (Fsp3) is 0.100. The van der Waals surface area contributed by atoms with Crippen LogP contribution in [0.3, 0.4) is 0 Å². The summed E-state index contributed by atoms with van der Waals surface area (Å²) in [6.45, 7) is 0. The number of ether oxygens (including phenoxy) is 2. The number of fused-ring (bicyclic) bond motifs is 3. The molecule has 0 atom stereocenters. The zero-order valence-corrected chi connectivity index (χ0v) is 14.3. The van der Waals surface area contributed by atoms with Crippen molar-refractivity contribution in [1.29, 1.82) is 0 Å². The molecule has 0 aliphatic heterocycles. The van der Waals surface area contributed by atoms with Gasteiger partial charge in [0.1, 0.15) is 11.6 Å². The van der Waals surface area contributed by atoms with Crippen LogP contribution in [0.4, 0.5) is 10.2 Å². The molecule has 0 saturated carbocycles. The molecule has 0 fully saturated rings. The minimum atomic E-state index is -0.325. The molecule has 0 bridgehead atoms. The summed E-state index contributed by atoms with van der Waals surface area (Å²) in [5, 5.41) is 2.44. The maximum absolute atomic E-state index is 13.6. The van der Waals surface area contributed by atoms with Gasteiger partial charge >= 0.3 is 0 Å². The predicted molar refractivity (Wildman–Crippen MR) is 100.0 cm³/mol. The first-order valence-corrected chi connectivity index (χ1v) is 7.97. The van der Waals surface area contributed by atoms with Crippen LogP contribution in [0, 0.1) is 5.82 Å². The summed E-state index contributed by atoms with van der Waals surface area (Å²) < 4.78 is 24.4. The van der Waals surface area contributed by atoms with Crippen LogP contribution in [0.25, 0.3) is 32.9 Å². The Labute approximate surface area is 149 Å². The lowest BCUT2D eigenvalue weighted by molar-refractivity contribution is 0.356. The van der Waals surface area contributed by atoms with Crippen molar-refractivity contribution in [1.82, 2.24) is 9.97 Å². The van der Waals surface area contributed by atoms with Crippen molar-refractivity contribution in [2.45, 2.75) is 0 Å². The van der Waals surface area contributed by atoms with Crippen LogP contribution in [0.2, 0.25) is 0 Å². The standard InChI is InChI=1S/C20H16FN3O2/c1-25-18-8-14-13-7-16(11-4-3-5-12(21)6-11)24-20(22)15(13)10-23-17(14)9-19(18)26-2/h3-10H,1-2H3,(H2,22,24). The number of hydrogen-bond acceptors (Lipinski definition) is 5. The van der Waals surface area contributed by atoms with E-state index in [1.165, 1.54) is 12.1 Å². The van der Waals surface area contributed by atoms with E-state index >= 15 is 0 Å². The van der Waals surface area contributed by atoms with Gasteiger partial charge in [0.25, 0.3) is 0 Å². The van der Waals surface area contributed by atoms with Gasteiger partial charge in [0.05, 0.1) is 25.4 Å². The van der Waals surface area contributed by atoms with Gasteiger partial charge in [-0.2, -0.15) is 0 Å². The van der Waals surface area contributed by atoms with Crippen LogP contribution in [0.5, 0.6) is 11.5 Å². The summed E-state index contributed by atoms with van der Waals surface area (Å²) >= 11 is 0. The Balaban J connectivity index is 2.05. The summed E-state index contributed by atoms with van der Waals surface area (Å²) in [5.74, 6) is 1.20. The molecule has 2 heterocycles. The molecule has 0 saturated heterocycles. The highest BCUT2D eigenvalue weighted by Gasteiger charge is 2.13. The second-order valence-electron chi connectivity index (χ2n) is 5.85. The Hall–Kier alpha value is -3.41. The normalized spacial score (nSPS) is 11.0. The average Bonchev–Trinajstić information content (AvgIpc) is 2.66. The second-order valence-corrected chi connectivity index (χ2v) is 5.85. The molecule has 2 aromatic carbocycles. The van der Waals surface area contributed by atoms with E-state index in [-0.39, 0.29) is 5.82 Å². The van der Waals surface area contributed by atoms with E-state index in [2.05, 4.69) is 9.97 Å². The molecule has 130 valence electrons. The topological polar surface area (TPSA) is 70.3 Å². The first-order chi connectivity index (χ1) is 12.6. The fourth-order valence-electron chi connectivity index (χ4n) is 3.05. The monoisotopic (exact) mass is 349 g/mol. The number of hydrogen-bond donors (Lipinski definition) is 1. The summed E-state index contributed by atoms with van der Waals surface area (Å²) in [7, 11) is 3.16. The quantitative estimate of drug-likeness (QED) is 0.562. The van der Waals surface area contributed by atoms with Crippen LogP contribution in [-0.2, 0) is 0 Å². The molecule has 4 rings (SSSR count). The maximum Gasteiger partial charge on any atom is 0.162 e. The van der Waals surface area contributed by atoms with Gasteiger partial charge in [-0.25, -0.2) is 9.37 Å². The van der Waals surface area contributed by atoms with E-state index in [4.69, 9.17) is 15.2 Å². The fourth-order valence-corrected chi connectivity index (χ4v) is 3.05. The molecule has 0 aliphatic rings. The highest BCUT2D eigenvalue weighted by Crippen LogP contribution is 2.36. The van der Waals surface area contributed by atoms with E-state index in [1.54, 1.807) is 32.5 Å². The molecule has 0 spiro atoms. The summed E-state index contributed by atoms with van der Waals surface area (Å²) in [5.41, 5.74) is 8.14. The van der Waals surface area contributed by atoms with Crippen LogP contribution >= 0.6 is 0 Å². The Kier molecular flexibility index (Phi) is 3.80. The third kappa shape index (κ3) is 2.56. The lowest BCUT2D eigenvalue weighted by atomic mass is 10.0. The molecule has 0 aliphatic carbocycles. The Morgan fingerprint density at radius 3 is 2.42 bits per heavy atom. The number of nitrogens with two attached hydrogens (primary N) is 1. The van der Waals surface area contributed by atoms with Crippen LogP contribution in [0.1, 0.15) is 0 Å².